The number of piperidine rings is 1. The van der Waals surface area contributed by atoms with E-state index in [-0.39, 0.29) is 0 Å². The Bertz CT molecular complexity index is 897. The molecule has 1 aliphatic rings. The summed E-state index contributed by atoms with van der Waals surface area (Å²) in [7, 11) is 0. The van der Waals surface area contributed by atoms with Gasteiger partial charge in [-0.15, -0.1) is 0 Å². The second-order valence-electron chi connectivity index (χ2n) is 7.55. The van der Waals surface area contributed by atoms with E-state index in [9.17, 15) is 0 Å². The van der Waals surface area contributed by atoms with E-state index in [1.807, 2.05) is 36.5 Å². The SMILES string of the molecule is CCn1ncc(CN2CCC(OCCc3noc(-c4ccccc4)n3)CC2)c1C. The zero-order chi connectivity index (χ0) is 20.1. The highest BCUT2D eigenvalue weighted by atomic mass is 16.5. The normalized spacial score (nSPS) is 15.8. The Morgan fingerprint density at radius 3 is 2.69 bits per heavy atom. The fraction of sp³-hybridized carbons (Fsp3) is 0.500. The monoisotopic (exact) mass is 395 g/mol. The van der Waals surface area contributed by atoms with E-state index in [2.05, 4.69) is 38.7 Å². The summed E-state index contributed by atoms with van der Waals surface area (Å²) in [5, 5.41) is 8.52. The first kappa shape index (κ1) is 19.8. The van der Waals surface area contributed by atoms with Crippen LogP contribution in [-0.2, 0) is 24.2 Å². The van der Waals surface area contributed by atoms with Crippen LogP contribution in [0.3, 0.4) is 0 Å². The predicted octanol–water partition coefficient (Wildman–Crippen LogP) is 3.49. The Labute approximate surface area is 171 Å². The molecule has 1 aliphatic heterocycles. The van der Waals surface area contributed by atoms with Crippen LogP contribution in [0.5, 0.6) is 0 Å². The van der Waals surface area contributed by atoms with Gasteiger partial charge >= 0.3 is 0 Å². The van der Waals surface area contributed by atoms with Gasteiger partial charge in [0.25, 0.3) is 5.89 Å². The summed E-state index contributed by atoms with van der Waals surface area (Å²) in [4.78, 5) is 6.96. The van der Waals surface area contributed by atoms with E-state index in [1.165, 1.54) is 11.3 Å². The molecule has 1 saturated heterocycles. The molecule has 3 aromatic rings. The van der Waals surface area contributed by atoms with Gasteiger partial charge in [0.1, 0.15) is 0 Å². The van der Waals surface area contributed by atoms with Gasteiger partial charge in [0.05, 0.1) is 18.9 Å². The van der Waals surface area contributed by atoms with Crippen molar-refractivity contribution in [1.82, 2.24) is 24.8 Å². The maximum atomic E-state index is 6.08. The van der Waals surface area contributed by atoms with Crippen LogP contribution in [-0.4, -0.2) is 50.6 Å². The highest BCUT2D eigenvalue weighted by Gasteiger charge is 2.21. The van der Waals surface area contributed by atoms with Crippen LogP contribution >= 0.6 is 0 Å². The van der Waals surface area contributed by atoms with E-state index in [0.29, 0.717) is 30.8 Å². The number of ether oxygens (including phenoxy) is 1. The number of aryl methyl sites for hydroxylation is 1. The third-order valence-electron chi connectivity index (χ3n) is 5.60. The van der Waals surface area contributed by atoms with Gasteiger partial charge in [-0.05, 0) is 38.8 Å². The molecular formula is C22H29N5O2. The van der Waals surface area contributed by atoms with Crippen molar-refractivity contribution in [3.05, 3.63) is 53.6 Å². The van der Waals surface area contributed by atoms with Gasteiger partial charge < -0.3 is 9.26 Å². The van der Waals surface area contributed by atoms with Crippen molar-refractivity contribution >= 4 is 0 Å². The Hall–Kier alpha value is -2.51. The van der Waals surface area contributed by atoms with Crippen LogP contribution < -0.4 is 0 Å². The number of hydrogen-bond donors (Lipinski definition) is 0. The molecule has 1 fully saturated rings. The molecule has 0 amide bonds. The maximum absolute atomic E-state index is 6.08. The molecule has 7 nitrogen and oxygen atoms in total. The van der Waals surface area contributed by atoms with Crippen LogP contribution in [0, 0.1) is 6.92 Å². The maximum Gasteiger partial charge on any atom is 0.257 e. The molecule has 2 aromatic heterocycles. The number of rotatable bonds is 8. The number of aromatic nitrogens is 4. The summed E-state index contributed by atoms with van der Waals surface area (Å²) in [6.45, 7) is 8.93. The van der Waals surface area contributed by atoms with Crippen molar-refractivity contribution in [2.24, 2.45) is 0 Å². The predicted molar refractivity (Wildman–Crippen MR) is 110 cm³/mol. The lowest BCUT2D eigenvalue weighted by Gasteiger charge is -2.31. The third kappa shape index (κ3) is 4.92. The summed E-state index contributed by atoms with van der Waals surface area (Å²) in [6.07, 6.45) is 5.11. The molecule has 0 atom stereocenters. The van der Waals surface area contributed by atoms with Crippen LogP contribution in [0.2, 0.25) is 0 Å². The average Bonchev–Trinajstić information content (AvgIpc) is 3.37. The Kier molecular flexibility index (Phi) is 6.36. The molecule has 3 heterocycles. The van der Waals surface area contributed by atoms with E-state index in [4.69, 9.17) is 9.26 Å². The molecule has 0 aliphatic carbocycles. The van der Waals surface area contributed by atoms with Crippen LogP contribution in [0.4, 0.5) is 0 Å². The zero-order valence-electron chi connectivity index (χ0n) is 17.3. The number of likely N-dealkylation sites (tertiary alicyclic amines) is 1. The molecule has 0 spiro atoms. The van der Waals surface area contributed by atoms with Gasteiger partial charge in [0.2, 0.25) is 0 Å². The molecule has 0 saturated carbocycles. The Balaban J connectivity index is 1.19. The quantitative estimate of drug-likeness (QED) is 0.582. The van der Waals surface area contributed by atoms with Gasteiger partial charge in [-0.3, -0.25) is 9.58 Å². The molecule has 1 aromatic carbocycles. The first-order chi connectivity index (χ1) is 14.2. The largest absolute Gasteiger partial charge is 0.378 e. The molecular weight excluding hydrogens is 366 g/mol. The topological polar surface area (TPSA) is 69.2 Å². The van der Waals surface area contributed by atoms with Gasteiger partial charge in [-0.1, -0.05) is 23.4 Å². The summed E-state index contributed by atoms with van der Waals surface area (Å²) >= 11 is 0. The molecule has 7 heteroatoms. The summed E-state index contributed by atoms with van der Waals surface area (Å²) in [5.74, 6) is 1.26. The summed E-state index contributed by atoms with van der Waals surface area (Å²) in [6, 6.07) is 9.84. The Morgan fingerprint density at radius 1 is 1.17 bits per heavy atom. The van der Waals surface area contributed by atoms with Gasteiger partial charge in [0.15, 0.2) is 5.82 Å². The lowest BCUT2D eigenvalue weighted by molar-refractivity contribution is 0.00672. The van der Waals surface area contributed by atoms with E-state index >= 15 is 0 Å². The van der Waals surface area contributed by atoms with Crippen LogP contribution in [0.1, 0.15) is 36.8 Å². The molecule has 4 rings (SSSR count). The highest BCUT2D eigenvalue weighted by Crippen LogP contribution is 2.19. The van der Waals surface area contributed by atoms with E-state index < -0.39 is 0 Å². The van der Waals surface area contributed by atoms with Crippen molar-refractivity contribution in [3.63, 3.8) is 0 Å². The fourth-order valence-electron chi connectivity index (χ4n) is 3.80. The van der Waals surface area contributed by atoms with E-state index in [0.717, 1.165) is 44.6 Å². The molecule has 0 N–H and O–H groups in total. The zero-order valence-corrected chi connectivity index (χ0v) is 17.3. The fourth-order valence-corrected chi connectivity index (χ4v) is 3.80. The van der Waals surface area contributed by atoms with Gasteiger partial charge in [0, 0.05) is 49.4 Å². The van der Waals surface area contributed by atoms with Crippen molar-refractivity contribution in [3.8, 4) is 11.5 Å². The van der Waals surface area contributed by atoms with Crippen molar-refractivity contribution in [2.45, 2.75) is 52.3 Å². The minimum Gasteiger partial charge on any atom is -0.378 e. The molecule has 154 valence electrons. The highest BCUT2D eigenvalue weighted by molar-refractivity contribution is 5.51. The van der Waals surface area contributed by atoms with Crippen molar-refractivity contribution < 1.29 is 9.26 Å². The molecule has 0 unspecified atom stereocenters. The number of benzene rings is 1. The average molecular weight is 396 g/mol. The second-order valence-corrected chi connectivity index (χ2v) is 7.55. The lowest BCUT2D eigenvalue weighted by Crippen LogP contribution is -2.36. The standard InChI is InChI=1S/C22H29N5O2/c1-3-27-17(2)19(15-23-27)16-26-12-9-20(10-13-26)28-14-11-21-24-22(29-25-21)18-7-5-4-6-8-18/h4-8,15,20H,3,9-14,16H2,1-2H3. The minimum absolute atomic E-state index is 0.311. The van der Waals surface area contributed by atoms with Crippen LogP contribution in [0.25, 0.3) is 11.5 Å². The molecule has 0 radical (unpaired) electrons. The Morgan fingerprint density at radius 2 is 1.97 bits per heavy atom. The molecule has 0 bridgehead atoms. The van der Waals surface area contributed by atoms with Crippen molar-refractivity contribution in [1.29, 1.82) is 0 Å². The first-order valence-corrected chi connectivity index (χ1v) is 10.5. The smallest absolute Gasteiger partial charge is 0.257 e. The molecule has 29 heavy (non-hydrogen) atoms. The third-order valence-corrected chi connectivity index (χ3v) is 5.60. The van der Waals surface area contributed by atoms with Gasteiger partial charge in [-0.25, -0.2) is 0 Å². The van der Waals surface area contributed by atoms with Crippen molar-refractivity contribution in [2.75, 3.05) is 19.7 Å². The van der Waals surface area contributed by atoms with E-state index in [1.54, 1.807) is 0 Å². The summed E-state index contributed by atoms with van der Waals surface area (Å²) < 4.78 is 13.5. The van der Waals surface area contributed by atoms with Crippen LogP contribution in [0.15, 0.2) is 41.1 Å². The first-order valence-electron chi connectivity index (χ1n) is 10.5. The summed E-state index contributed by atoms with van der Waals surface area (Å²) in [5.41, 5.74) is 3.55. The minimum atomic E-state index is 0.311. The number of nitrogens with zero attached hydrogens (tertiary/aromatic N) is 5. The number of hydrogen-bond acceptors (Lipinski definition) is 6. The second kappa shape index (κ2) is 9.33. The van der Waals surface area contributed by atoms with Gasteiger partial charge in [-0.2, -0.15) is 10.1 Å². The lowest BCUT2D eigenvalue weighted by atomic mass is 10.1.